The van der Waals surface area contributed by atoms with Gasteiger partial charge in [-0.05, 0) is 46.0 Å². The van der Waals surface area contributed by atoms with Gasteiger partial charge in [0.15, 0.2) is 5.13 Å². The van der Waals surface area contributed by atoms with Crippen LogP contribution in [0.3, 0.4) is 0 Å². The van der Waals surface area contributed by atoms with Crippen molar-refractivity contribution in [1.29, 1.82) is 0 Å². The fourth-order valence-electron chi connectivity index (χ4n) is 7.06. The molecule has 0 aromatic carbocycles. The van der Waals surface area contributed by atoms with E-state index in [9.17, 15) is 9.59 Å². The highest BCUT2D eigenvalue weighted by Crippen LogP contribution is 2.35. The summed E-state index contributed by atoms with van der Waals surface area (Å²) in [4.78, 5) is 51.0. The molecular formula is C34H46Cl2N8O4S. The average molecular weight is 734 g/mol. The number of nitrogens with one attached hydrogen (secondary N) is 2. The van der Waals surface area contributed by atoms with E-state index in [1.807, 2.05) is 6.92 Å². The standard InChI is InChI=1S/C34H46Cl2N8O4S/c1-4-47-25-20-44(12-11-23(25)40-32(45)30-28(36)27(35)21(3)39-30)34-41-29(31(49-34)33(46)48-5-2)24-17-38-26(18-37-24)43-15-13-42(14-16-43)19-22-9-7-6-8-10-22/h17-18,22-23,25,39H,4-16,19-20H2,1-3H3,(H,40,45)/t23-,25+/m1/s1. The first-order valence-electron chi connectivity index (χ1n) is 17.4. The van der Waals surface area contributed by atoms with E-state index in [4.69, 9.17) is 47.6 Å². The second-order valence-electron chi connectivity index (χ2n) is 13.0. The third kappa shape index (κ3) is 8.33. The summed E-state index contributed by atoms with van der Waals surface area (Å²) in [5, 5.41) is 4.26. The molecule has 12 nitrogen and oxygen atoms in total. The van der Waals surface area contributed by atoms with Gasteiger partial charge in [-0.2, -0.15) is 0 Å². The van der Waals surface area contributed by atoms with Crippen molar-refractivity contribution in [2.24, 2.45) is 5.92 Å². The van der Waals surface area contributed by atoms with Crippen molar-refractivity contribution in [1.82, 2.24) is 30.2 Å². The summed E-state index contributed by atoms with van der Waals surface area (Å²) in [6.45, 7) is 12.3. The first-order valence-corrected chi connectivity index (χ1v) is 19.0. The summed E-state index contributed by atoms with van der Waals surface area (Å²) in [6.07, 6.45) is 10.6. The van der Waals surface area contributed by atoms with Crippen LogP contribution >= 0.6 is 34.5 Å². The SMILES string of the molecule is CCOC(=O)c1sc(N2CC[C@@H](NC(=O)c3[nH]c(C)c(Cl)c3Cl)[C@@H](OCC)C2)nc1-c1cnc(N2CCN(CC3CCCCC3)CC2)cn1. The van der Waals surface area contributed by atoms with E-state index in [-0.39, 0.29) is 35.4 Å². The molecule has 2 atom stereocenters. The lowest BCUT2D eigenvalue weighted by Gasteiger charge is -2.38. The van der Waals surface area contributed by atoms with Crippen LogP contribution in [0.15, 0.2) is 12.4 Å². The molecule has 49 heavy (non-hydrogen) atoms. The average Bonchev–Trinajstić information content (AvgIpc) is 3.68. The zero-order valence-electron chi connectivity index (χ0n) is 28.5. The monoisotopic (exact) mass is 732 g/mol. The van der Waals surface area contributed by atoms with E-state index >= 15 is 0 Å². The van der Waals surface area contributed by atoms with Crippen LogP contribution in [0, 0.1) is 12.8 Å². The van der Waals surface area contributed by atoms with E-state index in [0.717, 1.165) is 37.9 Å². The maximum Gasteiger partial charge on any atom is 0.350 e. The molecule has 266 valence electrons. The number of H-pyrrole nitrogens is 1. The fraction of sp³-hybridized carbons (Fsp3) is 0.618. The molecule has 0 spiro atoms. The second kappa shape index (κ2) is 16.4. The molecule has 0 unspecified atom stereocenters. The van der Waals surface area contributed by atoms with Crippen molar-refractivity contribution in [3.63, 3.8) is 0 Å². The summed E-state index contributed by atoms with van der Waals surface area (Å²) in [7, 11) is 0. The number of aromatic nitrogens is 4. The van der Waals surface area contributed by atoms with Crippen LogP contribution in [-0.2, 0) is 9.47 Å². The van der Waals surface area contributed by atoms with E-state index in [2.05, 4.69) is 25.0 Å². The minimum Gasteiger partial charge on any atom is -0.462 e. The molecule has 3 fully saturated rings. The summed E-state index contributed by atoms with van der Waals surface area (Å²) < 4.78 is 11.5. The maximum atomic E-state index is 13.1. The molecule has 2 N–H and O–H groups in total. The molecule has 2 saturated heterocycles. The van der Waals surface area contributed by atoms with Crippen molar-refractivity contribution < 1.29 is 19.1 Å². The normalized spacial score (nSPS) is 20.8. The van der Waals surface area contributed by atoms with Crippen LogP contribution in [0.25, 0.3) is 11.4 Å². The largest absolute Gasteiger partial charge is 0.462 e. The Morgan fingerprint density at radius 3 is 2.41 bits per heavy atom. The molecule has 3 aromatic heterocycles. The number of halogens is 2. The number of hydrogen-bond donors (Lipinski definition) is 2. The van der Waals surface area contributed by atoms with Gasteiger partial charge in [0.25, 0.3) is 5.91 Å². The van der Waals surface area contributed by atoms with E-state index in [0.29, 0.717) is 58.2 Å². The number of aryl methyl sites for hydroxylation is 1. The minimum atomic E-state index is -0.443. The molecule has 0 bridgehead atoms. The number of piperidine rings is 1. The predicted octanol–water partition coefficient (Wildman–Crippen LogP) is 5.84. The maximum absolute atomic E-state index is 13.1. The molecular weight excluding hydrogens is 687 g/mol. The van der Waals surface area contributed by atoms with Crippen LogP contribution in [0.1, 0.15) is 78.2 Å². The fourth-order valence-corrected chi connectivity index (χ4v) is 8.48. The number of carbonyl (C=O) groups excluding carboxylic acids is 2. The first-order chi connectivity index (χ1) is 23.7. The van der Waals surface area contributed by atoms with Gasteiger partial charge in [-0.3, -0.25) is 9.69 Å². The molecule has 15 heteroatoms. The predicted molar refractivity (Wildman–Crippen MR) is 193 cm³/mol. The Morgan fingerprint density at radius 2 is 1.76 bits per heavy atom. The van der Waals surface area contributed by atoms with Gasteiger partial charge in [0.1, 0.15) is 27.8 Å². The van der Waals surface area contributed by atoms with Crippen LogP contribution in [-0.4, -0.2) is 108 Å². The Bertz CT molecular complexity index is 1590. The Kier molecular flexibility index (Phi) is 12.0. The van der Waals surface area contributed by atoms with Crippen molar-refractivity contribution in [3.05, 3.63) is 38.7 Å². The number of amides is 1. The Morgan fingerprint density at radius 1 is 0.980 bits per heavy atom. The number of carbonyl (C=O) groups is 2. The van der Waals surface area contributed by atoms with Gasteiger partial charge < -0.3 is 29.6 Å². The third-order valence-electron chi connectivity index (χ3n) is 9.70. The van der Waals surface area contributed by atoms with Gasteiger partial charge in [-0.1, -0.05) is 53.8 Å². The summed E-state index contributed by atoms with van der Waals surface area (Å²) in [5.41, 5.74) is 1.83. The summed E-state index contributed by atoms with van der Waals surface area (Å²) >= 11 is 13.8. The number of aromatic amines is 1. The number of esters is 1. The van der Waals surface area contributed by atoms with Gasteiger partial charge >= 0.3 is 5.97 Å². The Hall–Kier alpha value is -2.97. The number of piperazine rings is 1. The number of anilines is 2. The second-order valence-corrected chi connectivity index (χ2v) is 14.7. The smallest absolute Gasteiger partial charge is 0.350 e. The molecule has 5 heterocycles. The Balaban J connectivity index is 1.13. The highest BCUT2D eigenvalue weighted by atomic mass is 35.5. The van der Waals surface area contributed by atoms with Crippen LogP contribution < -0.4 is 15.1 Å². The lowest BCUT2D eigenvalue weighted by atomic mass is 9.89. The summed E-state index contributed by atoms with van der Waals surface area (Å²) in [6, 6.07) is -0.265. The molecule has 3 aromatic rings. The van der Waals surface area contributed by atoms with Gasteiger partial charge in [-0.25, -0.2) is 19.7 Å². The van der Waals surface area contributed by atoms with Gasteiger partial charge in [0, 0.05) is 58.1 Å². The zero-order chi connectivity index (χ0) is 34.5. The van der Waals surface area contributed by atoms with Crippen LogP contribution in [0.4, 0.5) is 10.9 Å². The van der Waals surface area contributed by atoms with Crippen molar-refractivity contribution in [3.8, 4) is 11.4 Å². The van der Waals surface area contributed by atoms with Crippen LogP contribution in [0.5, 0.6) is 0 Å². The number of rotatable bonds is 11. The number of hydrogen-bond acceptors (Lipinski definition) is 11. The molecule has 1 amide bonds. The lowest BCUT2D eigenvalue weighted by molar-refractivity contribution is 0.0272. The Labute approximate surface area is 301 Å². The molecule has 1 aliphatic carbocycles. The molecule has 1 saturated carbocycles. The molecule has 0 radical (unpaired) electrons. The quantitative estimate of drug-likeness (QED) is 0.232. The minimum absolute atomic E-state index is 0.201. The number of thiazole rings is 1. The molecule has 3 aliphatic rings. The zero-order valence-corrected chi connectivity index (χ0v) is 30.8. The van der Waals surface area contributed by atoms with E-state index in [1.54, 1.807) is 26.2 Å². The van der Waals surface area contributed by atoms with Crippen molar-refractivity contribution >= 4 is 57.4 Å². The van der Waals surface area contributed by atoms with Gasteiger partial charge in [0.2, 0.25) is 0 Å². The third-order valence-corrected chi connectivity index (χ3v) is 11.7. The van der Waals surface area contributed by atoms with Gasteiger partial charge in [-0.15, -0.1) is 0 Å². The van der Waals surface area contributed by atoms with Crippen LogP contribution in [0.2, 0.25) is 10.0 Å². The highest BCUT2D eigenvalue weighted by Gasteiger charge is 2.35. The molecule has 6 rings (SSSR count). The van der Waals surface area contributed by atoms with E-state index in [1.165, 1.54) is 50.0 Å². The lowest BCUT2D eigenvalue weighted by Crippen LogP contribution is -2.55. The van der Waals surface area contributed by atoms with Crippen molar-refractivity contribution in [2.45, 2.75) is 71.4 Å². The molecule has 2 aliphatic heterocycles. The topological polar surface area (TPSA) is 129 Å². The van der Waals surface area contributed by atoms with Gasteiger partial charge in [0.05, 0.1) is 41.2 Å². The number of nitrogens with zero attached hydrogens (tertiary/aromatic N) is 6. The first kappa shape index (κ1) is 35.8. The van der Waals surface area contributed by atoms with E-state index < -0.39 is 5.97 Å². The number of ether oxygens (including phenoxy) is 2. The summed E-state index contributed by atoms with van der Waals surface area (Å²) in [5.74, 6) is 0.886. The highest BCUT2D eigenvalue weighted by molar-refractivity contribution is 7.17. The van der Waals surface area contributed by atoms with Crippen molar-refractivity contribution in [2.75, 3.05) is 68.8 Å².